The Labute approximate surface area is 182 Å². The molecule has 1 N–H and O–H groups in total. The van der Waals surface area contributed by atoms with Crippen molar-refractivity contribution in [2.24, 2.45) is 7.05 Å². The topological polar surface area (TPSA) is 61.8 Å². The van der Waals surface area contributed by atoms with Gasteiger partial charge in [0, 0.05) is 25.2 Å². The van der Waals surface area contributed by atoms with Crippen LogP contribution in [0.15, 0.2) is 36.7 Å². The van der Waals surface area contributed by atoms with E-state index in [1.165, 1.54) is 10.9 Å². The first kappa shape index (κ1) is 22.0. The molecule has 8 heteroatoms. The van der Waals surface area contributed by atoms with Gasteiger partial charge < -0.3 is 5.11 Å². The van der Waals surface area contributed by atoms with E-state index in [-0.39, 0.29) is 40.7 Å². The molecule has 166 valence electrons. The third kappa shape index (κ3) is 3.67. The fourth-order valence-corrected chi connectivity index (χ4v) is 4.40. The molecule has 1 aliphatic carbocycles. The number of fused-ring (bicyclic) bond motifs is 1. The average molecular weight is 443 g/mol. The summed E-state index contributed by atoms with van der Waals surface area (Å²) < 4.78 is 59.3. The highest BCUT2D eigenvalue weighted by atomic mass is 19.3. The highest BCUT2D eigenvalue weighted by molar-refractivity contribution is 5.71. The number of nitriles is 1. The van der Waals surface area contributed by atoms with Gasteiger partial charge >= 0.3 is 0 Å². The summed E-state index contributed by atoms with van der Waals surface area (Å²) >= 11 is 0. The van der Waals surface area contributed by atoms with Gasteiger partial charge in [-0.2, -0.15) is 10.4 Å². The molecule has 2 aromatic carbocycles. The molecule has 3 aromatic rings. The van der Waals surface area contributed by atoms with Crippen molar-refractivity contribution in [1.29, 1.82) is 5.26 Å². The van der Waals surface area contributed by atoms with Gasteiger partial charge in [0.1, 0.15) is 18.1 Å². The Morgan fingerprint density at radius 3 is 2.72 bits per heavy atom. The van der Waals surface area contributed by atoms with Gasteiger partial charge in [0.15, 0.2) is 0 Å². The van der Waals surface area contributed by atoms with Crippen molar-refractivity contribution < 1.29 is 22.7 Å². The maximum atomic E-state index is 14.6. The number of halogens is 4. The Morgan fingerprint density at radius 2 is 2.09 bits per heavy atom. The molecule has 1 aliphatic rings. The van der Waals surface area contributed by atoms with Crippen LogP contribution in [0.4, 0.5) is 17.6 Å². The lowest BCUT2D eigenvalue weighted by molar-refractivity contribution is -0.0966. The van der Waals surface area contributed by atoms with E-state index in [9.17, 15) is 27.9 Å². The first-order valence-corrected chi connectivity index (χ1v) is 10.2. The number of alkyl halides is 3. The molecular weight excluding hydrogens is 422 g/mol. The molecule has 0 aliphatic heterocycles. The van der Waals surface area contributed by atoms with Gasteiger partial charge in [-0.15, -0.1) is 0 Å². The Morgan fingerprint density at radius 1 is 1.34 bits per heavy atom. The Hall–Kier alpha value is -3.18. The smallest absolute Gasteiger partial charge is 0.281 e. The first-order chi connectivity index (χ1) is 15.2. The van der Waals surface area contributed by atoms with Gasteiger partial charge in [0.25, 0.3) is 5.92 Å². The SMILES string of the molecule is CCC(F)c1cc(F)cc(C#N)c1Cc1ccc(-c2cnn(C)c2)c2c1CC(F)(F)C2O. The molecule has 0 saturated carbocycles. The molecule has 2 atom stereocenters. The number of hydrogen-bond donors (Lipinski definition) is 1. The number of aliphatic hydroxyl groups is 1. The first-order valence-electron chi connectivity index (χ1n) is 10.2. The molecule has 2 unspecified atom stereocenters. The second-order valence-electron chi connectivity index (χ2n) is 8.09. The fourth-order valence-electron chi connectivity index (χ4n) is 4.40. The largest absolute Gasteiger partial charge is 0.382 e. The number of aliphatic hydroxyl groups excluding tert-OH is 1. The molecule has 1 aromatic heterocycles. The van der Waals surface area contributed by atoms with Gasteiger partial charge in [-0.25, -0.2) is 17.6 Å². The Balaban J connectivity index is 1.89. The minimum Gasteiger partial charge on any atom is -0.382 e. The third-order valence-electron chi connectivity index (χ3n) is 5.99. The molecule has 4 nitrogen and oxygen atoms in total. The molecule has 0 amide bonds. The summed E-state index contributed by atoms with van der Waals surface area (Å²) in [5.41, 5.74) is 2.11. The summed E-state index contributed by atoms with van der Waals surface area (Å²) in [7, 11) is 1.70. The molecule has 32 heavy (non-hydrogen) atoms. The lowest BCUT2D eigenvalue weighted by Crippen LogP contribution is -2.21. The van der Waals surface area contributed by atoms with Crippen LogP contribution in [-0.4, -0.2) is 20.8 Å². The van der Waals surface area contributed by atoms with Crippen LogP contribution in [0.25, 0.3) is 11.1 Å². The van der Waals surface area contributed by atoms with Crippen molar-refractivity contribution in [2.45, 2.75) is 44.4 Å². The van der Waals surface area contributed by atoms with Crippen LogP contribution in [0.5, 0.6) is 0 Å². The highest BCUT2D eigenvalue weighted by Crippen LogP contribution is 2.49. The maximum absolute atomic E-state index is 14.6. The number of nitrogens with zero attached hydrogens (tertiary/aromatic N) is 3. The monoisotopic (exact) mass is 443 g/mol. The van der Waals surface area contributed by atoms with E-state index >= 15 is 0 Å². The molecule has 4 rings (SSSR count). The summed E-state index contributed by atoms with van der Waals surface area (Å²) in [6, 6.07) is 7.23. The van der Waals surface area contributed by atoms with Crippen LogP contribution in [0.2, 0.25) is 0 Å². The Kier molecular flexibility index (Phi) is 5.55. The number of hydrogen-bond acceptors (Lipinski definition) is 3. The zero-order valence-electron chi connectivity index (χ0n) is 17.5. The van der Waals surface area contributed by atoms with Crippen molar-refractivity contribution in [3.8, 4) is 17.2 Å². The van der Waals surface area contributed by atoms with E-state index in [2.05, 4.69) is 5.10 Å². The quantitative estimate of drug-likeness (QED) is 0.542. The van der Waals surface area contributed by atoms with Gasteiger partial charge in [-0.3, -0.25) is 4.68 Å². The third-order valence-corrected chi connectivity index (χ3v) is 5.99. The summed E-state index contributed by atoms with van der Waals surface area (Å²) in [6.45, 7) is 1.60. The van der Waals surface area contributed by atoms with E-state index in [4.69, 9.17) is 0 Å². The van der Waals surface area contributed by atoms with E-state index < -0.39 is 30.4 Å². The van der Waals surface area contributed by atoms with Crippen LogP contribution in [0, 0.1) is 17.1 Å². The second-order valence-corrected chi connectivity index (χ2v) is 8.09. The van der Waals surface area contributed by atoms with Crippen LogP contribution < -0.4 is 0 Å². The molecule has 0 radical (unpaired) electrons. The van der Waals surface area contributed by atoms with Crippen molar-refractivity contribution in [3.05, 3.63) is 75.9 Å². The molecule has 1 heterocycles. The van der Waals surface area contributed by atoms with Crippen LogP contribution in [0.1, 0.15) is 59.0 Å². The normalized spacial score (nSPS) is 17.8. The Bertz CT molecular complexity index is 1230. The fraction of sp³-hybridized carbons (Fsp3) is 0.333. The molecule has 0 bridgehead atoms. The minimum atomic E-state index is -3.37. The van der Waals surface area contributed by atoms with Crippen molar-refractivity contribution >= 4 is 0 Å². The summed E-state index contributed by atoms with van der Waals surface area (Å²) in [5.74, 6) is -4.10. The highest BCUT2D eigenvalue weighted by Gasteiger charge is 2.49. The average Bonchev–Trinajstić information content (AvgIpc) is 3.29. The second kappa shape index (κ2) is 8.06. The van der Waals surface area contributed by atoms with Crippen LogP contribution >= 0.6 is 0 Å². The van der Waals surface area contributed by atoms with Crippen LogP contribution in [0.3, 0.4) is 0 Å². The summed E-state index contributed by atoms with van der Waals surface area (Å²) in [5, 5.41) is 24.0. The number of rotatable bonds is 5. The van der Waals surface area contributed by atoms with Gasteiger partial charge in [0.05, 0.1) is 17.8 Å². The minimum absolute atomic E-state index is 0.0304. The molecule has 0 fully saturated rings. The van der Waals surface area contributed by atoms with Gasteiger partial charge in [-0.05, 0) is 58.4 Å². The van der Waals surface area contributed by atoms with Gasteiger partial charge in [-0.1, -0.05) is 19.1 Å². The number of aromatic nitrogens is 2. The van der Waals surface area contributed by atoms with Gasteiger partial charge in [0.2, 0.25) is 0 Å². The molecular formula is C24H21F4N3O. The summed E-state index contributed by atoms with van der Waals surface area (Å²) in [4.78, 5) is 0. The summed E-state index contributed by atoms with van der Waals surface area (Å²) in [6.07, 6.45) is -0.938. The van der Waals surface area contributed by atoms with E-state index in [1.807, 2.05) is 6.07 Å². The maximum Gasteiger partial charge on any atom is 0.281 e. The van der Waals surface area contributed by atoms with E-state index in [1.54, 1.807) is 32.3 Å². The molecule has 0 spiro atoms. The van der Waals surface area contributed by atoms with Crippen molar-refractivity contribution in [3.63, 3.8) is 0 Å². The van der Waals surface area contributed by atoms with Crippen molar-refractivity contribution in [2.75, 3.05) is 0 Å². The predicted molar refractivity (Wildman–Crippen MR) is 110 cm³/mol. The van der Waals surface area contributed by atoms with E-state index in [0.29, 0.717) is 16.7 Å². The molecule has 0 saturated heterocycles. The standard InChI is InChI=1S/C24H21F4N3O/c1-3-21(26)19-8-16(25)6-14(10-29)18(19)7-13-4-5-17(15-11-30-31(2)12-15)22-20(13)9-24(27,28)23(22)32/h4-6,8,11-12,21,23,32H,3,7,9H2,1-2H3. The zero-order chi connectivity index (χ0) is 23.2. The van der Waals surface area contributed by atoms with Crippen molar-refractivity contribution in [1.82, 2.24) is 9.78 Å². The predicted octanol–water partition coefficient (Wildman–Crippen LogP) is 5.33. The van der Waals surface area contributed by atoms with E-state index in [0.717, 1.165) is 12.1 Å². The lowest BCUT2D eigenvalue weighted by atomic mass is 9.87. The number of aryl methyl sites for hydroxylation is 1. The zero-order valence-corrected chi connectivity index (χ0v) is 17.5. The van der Waals surface area contributed by atoms with Crippen LogP contribution in [-0.2, 0) is 19.9 Å². The number of benzene rings is 2. The lowest BCUT2D eigenvalue weighted by Gasteiger charge is -2.18.